The van der Waals surface area contributed by atoms with E-state index in [2.05, 4.69) is 73.7 Å². The van der Waals surface area contributed by atoms with Gasteiger partial charge in [-0.2, -0.15) is 0 Å². The molecule has 22 heavy (non-hydrogen) atoms. The maximum atomic E-state index is 4.70. The van der Waals surface area contributed by atoms with E-state index < -0.39 is 0 Å². The summed E-state index contributed by atoms with van der Waals surface area (Å²) in [5.74, 6) is 0. The molecule has 0 unspecified atom stereocenters. The van der Waals surface area contributed by atoms with Crippen LogP contribution in [-0.4, -0.2) is 4.98 Å². The number of benzene rings is 2. The molecule has 0 aliphatic carbocycles. The second-order valence-corrected chi connectivity index (χ2v) is 5.34. The first-order valence-corrected chi connectivity index (χ1v) is 7.54. The topological polar surface area (TPSA) is 12.9 Å². The summed E-state index contributed by atoms with van der Waals surface area (Å²) < 4.78 is 0. The summed E-state index contributed by atoms with van der Waals surface area (Å²) in [6.45, 7) is 4.18. The standard InChI is InChI=1S/C21H19N/c1-3-9-17-12-7-8-13-19(17)21-14-16(2)20(15-22-21)18-10-5-4-6-11-18/h3-15H,1-2H3/b9-3+. The van der Waals surface area contributed by atoms with Gasteiger partial charge in [0.2, 0.25) is 0 Å². The molecule has 0 radical (unpaired) electrons. The van der Waals surface area contributed by atoms with Crippen LogP contribution < -0.4 is 0 Å². The van der Waals surface area contributed by atoms with Crippen LogP contribution in [0.3, 0.4) is 0 Å². The zero-order valence-corrected chi connectivity index (χ0v) is 13.0. The van der Waals surface area contributed by atoms with Gasteiger partial charge in [-0.25, -0.2) is 0 Å². The minimum absolute atomic E-state index is 1.02. The maximum Gasteiger partial charge on any atom is 0.0711 e. The fourth-order valence-corrected chi connectivity index (χ4v) is 2.68. The van der Waals surface area contributed by atoms with Gasteiger partial charge in [-0.1, -0.05) is 66.7 Å². The fourth-order valence-electron chi connectivity index (χ4n) is 2.68. The molecule has 1 heterocycles. The van der Waals surface area contributed by atoms with Crippen molar-refractivity contribution in [1.82, 2.24) is 4.98 Å². The lowest BCUT2D eigenvalue weighted by atomic mass is 9.98. The van der Waals surface area contributed by atoms with Crippen LogP contribution >= 0.6 is 0 Å². The molecule has 108 valence electrons. The quantitative estimate of drug-likeness (QED) is 0.596. The molecule has 1 heteroatoms. The highest BCUT2D eigenvalue weighted by Gasteiger charge is 2.07. The van der Waals surface area contributed by atoms with Gasteiger partial charge < -0.3 is 0 Å². The van der Waals surface area contributed by atoms with Crippen molar-refractivity contribution < 1.29 is 0 Å². The zero-order chi connectivity index (χ0) is 15.4. The van der Waals surface area contributed by atoms with Crippen LogP contribution in [-0.2, 0) is 0 Å². The molecule has 0 spiro atoms. The van der Waals surface area contributed by atoms with Gasteiger partial charge in [0.1, 0.15) is 0 Å². The van der Waals surface area contributed by atoms with Crippen molar-refractivity contribution in [2.75, 3.05) is 0 Å². The molecule has 1 aromatic heterocycles. The second-order valence-electron chi connectivity index (χ2n) is 5.34. The van der Waals surface area contributed by atoms with Crippen LogP contribution in [0.5, 0.6) is 0 Å². The molecule has 2 aromatic carbocycles. The van der Waals surface area contributed by atoms with E-state index in [0.717, 1.165) is 5.69 Å². The second kappa shape index (κ2) is 6.40. The van der Waals surface area contributed by atoms with E-state index in [9.17, 15) is 0 Å². The van der Waals surface area contributed by atoms with Crippen LogP contribution in [0.15, 0.2) is 72.9 Å². The summed E-state index contributed by atoms with van der Waals surface area (Å²) in [6, 6.07) is 20.9. The Bertz CT molecular complexity index is 801. The van der Waals surface area contributed by atoms with Crippen LogP contribution in [0.1, 0.15) is 18.1 Å². The lowest BCUT2D eigenvalue weighted by Crippen LogP contribution is -1.91. The monoisotopic (exact) mass is 285 g/mol. The molecule has 1 nitrogen and oxygen atoms in total. The number of hydrogen-bond donors (Lipinski definition) is 0. The summed E-state index contributed by atoms with van der Waals surface area (Å²) in [6.07, 6.45) is 6.16. The third-order valence-electron chi connectivity index (χ3n) is 3.78. The lowest BCUT2D eigenvalue weighted by molar-refractivity contribution is 1.28. The average molecular weight is 285 g/mol. The number of nitrogens with zero attached hydrogens (tertiary/aromatic N) is 1. The van der Waals surface area contributed by atoms with Gasteiger partial charge in [-0.3, -0.25) is 4.98 Å². The van der Waals surface area contributed by atoms with Crippen molar-refractivity contribution in [2.45, 2.75) is 13.8 Å². The Morgan fingerprint density at radius 1 is 0.864 bits per heavy atom. The van der Waals surface area contributed by atoms with Gasteiger partial charge in [-0.05, 0) is 36.6 Å². The highest BCUT2D eigenvalue weighted by molar-refractivity contribution is 5.75. The van der Waals surface area contributed by atoms with Crippen LogP contribution in [0.25, 0.3) is 28.5 Å². The van der Waals surface area contributed by atoms with Crippen molar-refractivity contribution in [3.8, 4) is 22.4 Å². The van der Waals surface area contributed by atoms with E-state index in [1.54, 1.807) is 0 Å². The highest BCUT2D eigenvalue weighted by atomic mass is 14.7. The van der Waals surface area contributed by atoms with Crippen LogP contribution in [0.2, 0.25) is 0 Å². The van der Waals surface area contributed by atoms with Gasteiger partial charge in [0.25, 0.3) is 0 Å². The highest BCUT2D eigenvalue weighted by Crippen LogP contribution is 2.28. The predicted octanol–water partition coefficient (Wildman–Crippen LogP) is 5.76. The molecular formula is C21H19N. The summed E-state index contributed by atoms with van der Waals surface area (Å²) in [5.41, 5.74) is 7.03. The van der Waals surface area contributed by atoms with Crippen molar-refractivity contribution in [3.63, 3.8) is 0 Å². The van der Waals surface area contributed by atoms with E-state index in [0.29, 0.717) is 0 Å². The van der Waals surface area contributed by atoms with Crippen LogP contribution in [0, 0.1) is 6.92 Å². The van der Waals surface area contributed by atoms with Crippen LogP contribution in [0.4, 0.5) is 0 Å². The lowest BCUT2D eigenvalue weighted by Gasteiger charge is -2.10. The molecule has 0 atom stereocenters. The predicted molar refractivity (Wildman–Crippen MR) is 94.6 cm³/mol. The van der Waals surface area contributed by atoms with Gasteiger partial charge in [0, 0.05) is 17.3 Å². The smallest absolute Gasteiger partial charge is 0.0711 e. The third-order valence-corrected chi connectivity index (χ3v) is 3.78. The van der Waals surface area contributed by atoms with E-state index in [1.165, 1.54) is 27.8 Å². The Morgan fingerprint density at radius 3 is 2.32 bits per heavy atom. The molecule has 0 saturated heterocycles. The fraction of sp³-hybridized carbons (Fsp3) is 0.0952. The Morgan fingerprint density at radius 2 is 1.59 bits per heavy atom. The molecule has 0 saturated carbocycles. The minimum atomic E-state index is 1.02. The normalized spacial score (nSPS) is 11.0. The number of allylic oxidation sites excluding steroid dienone is 1. The SMILES string of the molecule is C/C=C/c1ccccc1-c1cc(C)c(-c2ccccc2)cn1. The molecule has 3 rings (SSSR count). The van der Waals surface area contributed by atoms with E-state index >= 15 is 0 Å². The van der Waals surface area contributed by atoms with Gasteiger partial charge in [0.15, 0.2) is 0 Å². The molecule has 0 fully saturated rings. The number of pyridine rings is 1. The Balaban J connectivity index is 2.07. The molecular weight excluding hydrogens is 266 g/mol. The molecule has 3 aromatic rings. The number of aromatic nitrogens is 1. The summed E-state index contributed by atoms with van der Waals surface area (Å²) in [7, 11) is 0. The minimum Gasteiger partial charge on any atom is -0.256 e. The van der Waals surface area contributed by atoms with E-state index in [1.807, 2.05) is 19.2 Å². The Kier molecular flexibility index (Phi) is 4.15. The molecule has 0 amide bonds. The molecule has 0 aliphatic rings. The van der Waals surface area contributed by atoms with Gasteiger partial charge in [-0.15, -0.1) is 0 Å². The molecule has 0 aliphatic heterocycles. The maximum absolute atomic E-state index is 4.70. The van der Waals surface area contributed by atoms with E-state index in [-0.39, 0.29) is 0 Å². The number of rotatable bonds is 3. The summed E-state index contributed by atoms with van der Waals surface area (Å²) >= 11 is 0. The Hall–Kier alpha value is -2.67. The van der Waals surface area contributed by atoms with E-state index in [4.69, 9.17) is 4.98 Å². The van der Waals surface area contributed by atoms with Gasteiger partial charge >= 0.3 is 0 Å². The molecule has 0 bridgehead atoms. The average Bonchev–Trinajstić information content (AvgIpc) is 2.56. The number of aryl methyl sites for hydroxylation is 1. The van der Waals surface area contributed by atoms with Crippen molar-refractivity contribution in [2.24, 2.45) is 0 Å². The molecule has 0 N–H and O–H groups in total. The first-order chi connectivity index (χ1) is 10.8. The first kappa shape index (κ1) is 14.3. The zero-order valence-electron chi connectivity index (χ0n) is 13.0. The van der Waals surface area contributed by atoms with Crippen molar-refractivity contribution in [3.05, 3.63) is 84.1 Å². The van der Waals surface area contributed by atoms with Gasteiger partial charge in [0.05, 0.1) is 5.69 Å². The third kappa shape index (κ3) is 2.84. The summed E-state index contributed by atoms with van der Waals surface area (Å²) in [4.78, 5) is 4.70. The number of hydrogen-bond acceptors (Lipinski definition) is 1. The first-order valence-electron chi connectivity index (χ1n) is 7.54. The summed E-state index contributed by atoms with van der Waals surface area (Å²) in [5, 5.41) is 0. The largest absolute Gasteiger partial charge is 0.256 e. The Labute approximate surface area is 132 Å². The van der Waals surface area contributed by atoms with Crippen molar-refractivity contribution >= 4 is 6.08 Å². The van der Waals surface area contributed by atoms with Crippen molar-refractivity contribution in [1.29, 1.82) is 0 Å².